The van der Waals surface area contributed by atoms with Crippen molar-refractivity contribution in [2.45, 2.75) is 44.6 Å². The Kier molecular flexibility index (Phi) is 4.10. The second kappa shape index (κ2) is 6.08. The number of benzene rings is 1. The van der Waals surface area contributed by atoms with E-state index in [-0.39, 0.29) is 6.54 Å². The molecule has 1 fully saturated rings. The summed E-state index contributed by atoms with van der Waals surface area (Å²) in [6, 6.07) is 7.23. The van der Waals surface area contributed by atoms with Gasteiger partial charge in [-0.1, -0.05) is 30.9 Å². The minimum absolute atomic E-state index is 0.325. The van der Waals surface area contributed by atoms with Gasteiger partial charge < -0.3 is 5.32 Å². The van der Waals surface area contributed by atoms with E-state index in [1.54, 1.807) is 18.2 Å². The van der Waals surface area contributed by atoms with Gasteiger partial charge in [0.25, 0.3) is 11.8 Å². The number of hydrogen-bond acceptors (Lipinski definition) is 4. The van der Waals surface area contributed by atoms with E-state index in [1.807, 2.05) is 6.92 Å². The molecule has 3 rings (SSSR count). The molecule has 0 bridgehead atoms. The van der Waals surface area contributed by atoms with Crippen LogP contribution in [0.1, 0.15) is 58.4 Å². The number of carbonyl (C=O) groups is 3. The molecule has 1 aromatic rings. The highest BCUT2D eigenvalue weighted by Gasteiger charge is 2.39. The summed E-state index contributed by atoms with van der Waals surface area (Å²) in [5.74, 6) is -1.38. The molecule has 0 unspecified atom stereocenters. The van der Waals surface area contributed by atoms with Gasteiger partial charge in [-0.05, 0) is 31.9 Å². The second-order valence-electron chi connectivity index (χ2n) is 6.55. The fraction of sp³-hybridized carbons (Fsp3) is 0.444. The monoisotopic (exact) mass is 325 g/mol. The predicted molar refractivity (Wildman–Crippen MR) is 86.1 cm³/mol. The summed E-state index contributed by atoms with van der Waals surface area (Å²) < 4.78 is 0. The number of fused-ring (bicyclic) bond motifs is 1. The molecule has 3 amide bonds. The lowest BCUT2D eigenvalue weighted by Crippen LogP contribution is -2.52. The molecular formula is C18H19N3O3. The molecule has 6 nitrogen and oxygen atoms in total. The molecule has 6 heteroatoms. The van der Waals surface area contributed by atoms with Gasteiger partial charge in [0.05, 0.1) is 17.2 Å². The summed E-state index contributed by atoms with van der Waals surface area (Å²) in [5, 5.41) is 12.2. The Morgan fingerprint density at radius 1 is 1.21 bits per heavy atom. The van der Waals surface area contributed by atoms with Gasteiger partial charge in [0, 0.05) is 0 Å². The lowest BCUT2D eigenvalue weighted by molar-refractivity contribution is -0.123. The van der Waals surface area contributed by atoms with E-state index < -0.39 is 23.3 Å². The summed E-state index contributed by atoms with van der Waals surface area (Å²) in [4.78, 5) is 38.0. The fourth-order valence-electron chi connectivity index (χ4n) is 3.42. The third-order valence-electron chi connectivity index (χ3n) is 4.73. The fourth-order valence-corrected chi connectivity index (χ4v) is 3.42. The van der Waals surface area contributed by atoms with Crippen LogP contribution in [-0.4, -0.2) is 34.7 Å². The number of aryl methyl sites for hydroxylation is 1. The van der Waals surface area contributed by atoms with E-state index in [2.05, 4.69) is 11.4 Å². The van der Waals surface area contributed by atoms with Gasteiger partial charge in [-0.2, -0.15) is 5.26 Å². The zero-order valence-corrected chi connectivity index (χ0v) is 13.6. The average molecular weight is 325 g/mol. The Balaban J connectivity index is 1.73. The van der Waals surface area contributed by atoms with Crippen molar-refractivity contribution >= 4 is 17.7 Å². The Bertz CT molecular complexity index is 757. The van der Waals surface area contributed by atoms with Crippen molar-refractivity contribution < 1.29 is 14.4 Å². The summed E-state index contributed by atoms with van der Waals surface area (Å²) in [5.41, 5.74) is 0.670. The Morgan fingerprint density at radius 2 is 1.88 bits per heavy atom. The van der Waals surface area contributed by atoms with Crippen LogP contribution < -0.4 is 5.32 Å². The maximum atomic E-state index is 12.4. The predicted octanol–water partition coefficient (Wildman–Crippen LogP) is 1.93. The van der Waals surface area contributed by atoms with Crippen LogP contribution in [0.15, 0.2) is 18.2 Å². The highest BCUT2D eigenvalue weighted by atomic mass is 16.2. The Labute approximate surface area is 140 Å². The van der Waals surface area contributed by atoms with Crippen molar-refractivity contribution in [1.82, 2.24) is 10.2 Å². The first kappa shape index (κ1) is 16.2. The van der Waals surface area contributed by atoms with Crippen molar-refractivity contribution in [2.24, 2.45) is 0 Å². The molecule has 0 radical (unpaired) electrons. The van der Waals surface area contributed by atoms with E-state index in [1.165, 1.54) is 0 Å². The van der Waals surface area contributed by atoms with Crippen molar-refractivity contribution in [2.75, 3.05) is 6.54 Å². The summed E-state index contributed by atoms with van der Waals surface area (Å²) in [6.07, 6.45) is 4.05. The van der Waals surface area contributed by atoms with Gasteiger partial charge >= 0.3 is 0 Å². The quantitative estimate of drug-likeness (QED) is 0.860. The van der Waals surface area contributed by atoms with Crippen LogP contribution >= 0.6 is 0 Å². The first-order valence-electron chi connectivity index (χ1n) is 8.15. The number of nitrogens with zero attached hydrogens (tertiary/aromatic N) is 2. The first-order valence-corrected chi connectivity index (χ1v) is 8.15. The zero-order chi connectivity index (χ0) is 17.3. The number of carbonyl (C=O) groups excluding carboxylic acids is 3. The zero-order valence-electron chi connectivity index (χ0n) is 13.6. The molecule has 0 atom stereocenters. The highest BCUT2D eigenvalue weighted by molar-refractivity contribution is 6.22. The maximum Gasteiger partial charge on any atom is 0.262 e. The van der Waals surface area contributed by atoms with E-state index in [0.717, 1.165) is 29.7 Å². The normalized spacial score (nSPS) is 18.9. The lowest BCUT2D eigenvalue weighted by atomic mass is 9.83. The van der Waals surface area contributed by atoms with E-state index in [9.17, 15) is 19.6 Å². The summed E-state index contributed by atoms with van der Waals surface area (Å²) in [7, 11) is 0. The lowest BCUT2D eigenvalue weighted by Gasteiger charge is -2.32. The molecule has 1 aliphatic heterocycles. The molecule has 24 heavy (non-hydrogen) atoms. The third kappa shape index (κ3) is 2.78. The molecule has 124 valence electrons. The van der Waals surface area contributed by atoms with Gasteiger partial charge in [-0.15, -0.1) is 0 Å². The largest absolute Gasteiger partial charge is 0.336 e. The molecule has 1 N–H and O–H groups in total. The number of nitriles is 1. The van der Waals surface area contributed by atoms with Gasteiger partial charge in [0.1, 0.15) is 12.1 Å². The van der Waals surface area contributed by atoms with Gasteiger partial charge in [-0.25, -0.2) is 0 Å². The topological polar surface area (TPSA) is 90.3 Å². The van der Waals surface area contributed by atoms with Crippen molar-refractivity contribution in [3.63, 3.8) is 0 Å². The number of hydrogen-bond donors (Lipinski definition) is 1. The van der Waals surface area contributed by atoms with Crippen molar-refractivity contribution in [3.8, 4) is 6.07 Å². The van der Waals surface area contributed by atoms with Crippen LogP contribution in [0.25, 0.3) is 0 Å². The molecule has 1 heterocycles. The van der Waals surface area contributed by atoms with Crippen LogP contribution in [0.4, 0.5) is 0 Å². The Hall–Kier alpha value is -2.68. The third-order valence-corrected chi connectivity index (χ3v) is 4.73. The summed E-state index contributed by atoms with van der Waals surface area (Å²) in [6.45, 7) is 1.49. The van der Waals surface area contributed by atoms with Crippen LogP contribution in [0.3, 0.4) is 0 Å². The smallest absolute Gasteiger partial charge is 0.262 e. The van der Waals surface area contributed by atoms with Crippen LogP contribution in [0, 0.1) is 18.3 Å². The number of amides is 3. The van der Waals surface area contributed by atoms with E-state index in [4.69, 9.17) is 0 Å². The van der Waals surface area contributed by atoms with E-state index in [0.29, 0.717) is 24.0 Å². The van der Waals surface area contributed by atoms with Gasteiger partial charge in [0.2, 0.25) is 5.91 Å². The van der Waals surface area contributed by atoms with Gasteiger partial charge in [0.15, 0.2) is 0 Å². The molecule has 2 aliphatic rings. The molecule has 0 spiro atoms. The first-order chi connectivity index (χ1) is 11.5. The molecule has 1 saturated carbocycles. The number of imide groups is 1. The van der Waals surface area contributed by atoms with Crippen LogP contribution in [0.2, 0.25) is 0 Å². The minimum atomic E-state index is -0.870. The average Bonchev–Trinajstić information content (AvgIpc) is 2.80. The summed E-state index contributed by atoms with van der Waals surface area (Å²) >= 11 is 0. The number of rotatable bonds is 3. The minimum Gasteiger partial charge on any atom is -0.336 e. The molecular weight excluding hydrogens is 306 g/mol. The standard InChI is InChI=1S/C18H19N3O3/c1-12-5-6-13-14(9-12)17(24)21(16(13)23)10-15(22)20-18(11-19)7-3-2-4-8-18/h5-6,9H,2-4,7-8,10H2,1H3,(H,20,22). The van der Waals surface area contributed by atoms with Crippen molar-refractivity contribution in [3.05, 3.63) is 34.9 Å². The van der Waals surface area contributed by atoms with Crippen LogP contribution in [-0.2, 0) is 4.79 Å². The Morgan fingerprint density at radius 3 is 2.54 bits per heavy atom. The van der Waals surface area contributed by atoms with Gasteiger partial charge in [-0.3, -0.25) is 19.3 Å². The highest BCUT2D eigenvalue weighted by Crippen LogP contribution is 2.28. The SMILES string of the molecule is Cc1ccc2c(c1)C(=O)N(CC(=O)NC1(C#N)CCCCC1)C2=O. The molecule has 0 saturated heterocycles. The van der Waals surface area contributed by atoms with Crippen molar-refractivity contribution in [1.29, 1.82) is 5.26 Å². The van der Waals surface area contributed by atoms with E-state index >= 15 is 0 Å². The number of nitrogens with one attached hydrogen (secondary N) is 1. The molecule has 0 aromatic heterocycles. The maximum absolute atomic E-state index is 12.4. The second-order valence-corrected chi connectivity index (χ2v) is 6.55. The molecule has 1 aromatic carbocycles. The molecule has 1 aliphatic carbocycles. The van der Waals surface area contributed by atoms with Crippen LogP contribution in [0.5, 0.6) is 0 Å².